The van der Waals surface area contributed by atoms with Crippen molar-refractivity contribution in [3.8, 4) is 0 Å². The first-order chi connectivity index (χ1) is 8.15. The average Bonchev–Trinajstić information content (AvgIpc) is 2.32. The van der Waals surface area contributed by atoms with Crippen LogP contribution in [0.2, 0.25) is 10.3 Å². The van der Waals surface area contributed by atoms with E-state index in [0.29, 0.717) is 17.4 Å². The van der Waals surface area contributed by atoms with Crippen LogP contribution in [0.3, 0.4) is 0 Å². The number of hydrogen-bond donors (Lipinski definition) is 1. The molecule has 1 aromatic carbocycles. The number of benzene rings is 1. The van der Waals surface area contributed by atoms with Gasteiger partial charge in [-0.1, -0.05) is 41.4 Å². The highest BCUT2D eigenvalue weighted by molar-refractivity contribution is 6.33. The van der Waals surface area contributed by atoms with Gasteiger partial charge in [0.05, 0.1) is 6.20 Å². The van der Waals surface area contributed by atoms with Gasteiger partial charge in [-0.3, -0.25) is 0 Å². The zero-order valence-corrected chi connectivity index (χ0v) is 10.8. The van der Waals surface area contributed by atoms with Crippen LogP contribution in [-0.4, -0.2) is 9.97 Å². The van der Waals surface area contributed by atoms with E-state index in [-0.39, 0.29) is 5.28 Å². The van der Waals surface area contributed by atoms with Crippen LogP contribution in [0.5, 0.6) is 0 Å². The maximum Gasteiger partial charge on any atom is 0.224 e. The van der Waals surface area contributed by atoms with Crippen molar-refractivity contribution in [2.75, 3.05) is 5.32 Å². The van der Waals surface area contributed by atoms with E-state index in [1.54, 1.807) is 0 Å². The van der Waals surface area contributed by atoms with Gasteiger partial charge in [0, 0.05) is 6.54 Å². The molecule has 0 fully saturated rings. The maximum absolute atomic E-state index is 5.94. The third-order valence-electron chi connectivity index (χ3n) is 2.30. The van der Waals surface area contributed by atoms with Crippen LogP contribution >= 0.6 is 23.2 Å². The predicted octanol–water partition coefficient (Wildman–Crippen LogP) is 3.70. The average molecular weight is 268 g/mol. The summed E-state index contributed by atoms with van der Waals surface area (Å²) in [5.41, 5.74) is 2.39. The van der Waals surface area contributed by atoms with Crippen molar-refractivity contribution < 1.29 is 0 Å². The molecule has 0 aliphatic rings. The van der Waals surface area contributed by atoms with Gasteiger partial charge in [-0.15, -0.1) is 0 Å². The van der Waals surface area contributed by atoms with Crippen molar-refractivity contribution in [3.05, 3.63) is 51.9 Å². The fourth-order valence-corrected chi connectivity index (χ4v) is 1.65. The van der Waals surface area contributed by atoms with Gasteiger partial charge in [0.1, 0.15) is 10.8 Å². The highest BCUT2D eigenvalue weighted by Gasteiger charge is 2.03. The molecule has 0 saturated carbocycles. The summed E-state index contributed by atoms with van der Waals surface area (Å²) in [5, 5.41) is 3.76. The molecule has 3 nitrogen and oxygen atoms in total. The van der Waals surface area contributed by atoms with Crippen LogP contribution in [0.15, 0.2) is 30.5 Å². The Labute approximate surface area is 110 Å². The first kappa shape index (κ1) is 12.1. The third kappa shape index (κ3) is 3.32. The van der Waals surface area contributed by atoms with Gasteiger partial charge in [-0.2, -0.15) is 4.98 Å². The van der Waals surface area contributed by atoms with Crippen molar-refractivity contribution in [1.29, 1.82) is 0 Å². The second-order valence-electron chi connectivity index (χ2n) is 3.67. The van der Waals surface area contributed by atoms with Gasteiger partial charge in [-0.25, -0.2) is 4.98 Å². The number of anilines is 1. The minimum Gasteiger partial charge on any atom is -0.365 e. The zero-order chi connectivity index (χ0) is 12.3. The molecule has 5 heteroatoms. The topological polar surface area (TPSA) is 37.8 Å². The van der Waals surface area contributed by atoms with Crippen LogP contribution in [0.4, 0.5) is 5.82 Å². The summed E-state index contributed by atoms with van der Waals surface area (Å²) >= 11 is 11.6. The number of aromatic nitrogens is 2. The van der Waals surface area contributed by atoms with Gasteiger partial charge in [0.15, 0.2) is 0 Å². The third-order valence-corrected chi connectivity index (χ3v) is 2.75. The summed E-state index contributed by atoms with van der Waals surface area (Å²) in [7, 11) is 0. The molecule has 0 spiro atoms. The highest BCUT2D eigenvalue weighted by Crippen LogP contribution is 2.20. The summed E-state index contributed by atoms with van der Waals surface area (Å²) in [6, 6.07) is 8.23. The fraction of sp³-hybridized carbons (Fsp3) is 0.167. The van der Waals surface area contributed by atoms with Crippen LogP contribution in [0, 0.1) is 6.92 Å². The fourth-order valence-electron chi connectivity index (χ4n) is 1.36. The maximum atomic E-state index is 5.94. The van der Waals surface area contributed by atoms with Crippen molar-refractivity contribution in [2.24, 2.45) is 0 Å². The molecule has 0 amide bonds. The van der Waals surface area contributed by atoms with E-state index in [0.717, 1.165) is 5.56 Å². The molecule has 0 aliphatic heterocycles. The van der Waals surface area contributed by atoms with Crippen molar-refractivity contribution in [2.45, 2.75) is 13.5 Å². The quantitative estimate of drug-likeness (QED) is 0.862. The molecule has 88 valence electrons. The summed E-state index contributed by atoms with van der Waals surface area (Å²) in [6.07, 6.45) is 1.48. The minimum absolute atomic E-state index is 0.181. The van der Waals surface area contributed by atoms with Crippen molar-refractivity contribution in [3.63, 3.8) is 0 Å². The Kier molecular flexibility index (Phi) is 3.82. The number of hydrogen-bond acceptors (Lipinski definition) is 3. The molecule has 0 unspecified atom stereocenters. The minimum atomic E-state index is 0.181. The number of halogens is 2. The Morgan fingerprint density at radius 2 is 1.88 bits per heavy atom. The summed E-state index contributed by atoms with van der Waals surface area (Å²) < 4.78 is 0. The highest BCUT2D eigenvalue weighted by atomic mass is 35.5. The molecule has 2 rings (SSSR count). The Balaban J connectivity index is 2.07. The molecule has 17 heavy (non-hydrogen) atoms. The Hall–Kier alpha value is -1.32. The SMILES string of the molecule is Cc1ccc(CNc2nc(Cl)ncc2Cl)cc1. The van der Waals surface area contributed by atoms with Gasteiger partial charge in [-0.05, 0) is 24.1 Å². The molecule has 0 aliphatic carbocycles. The standard InChI is InChI=1S/C12H11Cl2N3/c1-8-2-4-9(5-3-8)6-15-11-10(13)7-16-12(14)17-11/h2-5,7H,6H2,1H3,(H,15,16,17). The second-order valence-corrected chi connectivity index (χ2v) is 4.42. The van der Waals surface area contributed by atoms with Crippen molar-refractivity contribution in [1.82, 2.24) is 9.97 Å². The van der Waals surface area contributed by atoms with Crippen LogP contribution < -0.4 is 5.32 Å². The second kappa shape index (κ2) is 5.34. The van der Waals surface area contributed by atoms with Crippen LogP contribution in [0.1, 0.15) is 11.1 Å². The van der Waals surface area contributed by atoms with E-state index < -0.39 is 0 Å². The van der Waals surface area contributed by atoms with E-state index in [1.165, 1.54) is 11.8 Å². The predicted molar refractivity (Wildman–Crippen MR) is 70.6 cm³/mol. The number of nitrogens with one attached hydrogen (secondary N) is 1. The van der Waals surface area contributed by atoms with Crippen LogP contribution in [-0.2, 0) is 6.54 Å². The van der Waals surface area contributed by atoms with Crippen molar-refractivity contribution >= 4 is 29.0 Å². The van der Waals surface area contributed by atoms with Gasteiger partial charge < -0.3 is 5.32 Å². The Morgan fingerprint density at radius 1 is 1.18 bits per heavy atom. The van der Waals surface area contributed by atoms with E-state index >= 15 is 0 Å². The van der Waals surface area contributed by atoms with Gasteiger partial charge >= 0.3 is 0 Å². The Morgan fingerprint density at radius 3 is 2.59 bits per heavy atom. The Bertz CT molecular complexity index is 512. The van der Waals surface area contributed by atoms with E-state index in [4.69, 9.17) is 23.2 Å². The monoisotopic (exact) mass is 267 g/mol. The smallest absolute Gasteiger partial charge is 0.224 e. The lowest BCUT2D eigenvalue weighted by Gasteiger charge is -2.07. The molecule has 1 heterocycles. The molecule has 0 radical (unpaired) electrons. The lowest BCUT2D eigenvalue weighted by atomic mass is 10.1. The number of rotatable bonds is 3. The van der Waals surface area contributed by atoms with Crippen LogP contribution in [0.25, 0.3) is 0 Å². The van der Waals surface area contributed by atoms with Gasteiger partial charge in [0.2, 0.25) is 5.28 Å². The van der Waals surface area contributed by atoms with E-state index in [2.05, 4.69) is 46.5 Å². The largest absolute Gasteiger partial charge is 0.365 e. The molecule has 0 saturated heterocycles. The van der Waals surface area contributed by atoms with E-state index in [9.17, 15) is 0 Å². The first-order valence-electron chi connectivity index (χ1n) is 5.12. The van der Waals surface area contributed by atoms with Gasteiger partial charge in [0.25, 0.3) is 0 Å². The molecule has 0 bridgehead atoms. The first-order valence-corrected chi connectivity index (χ1v) is 5.88. The number of aryl methyl sites for hydroxylation is 1. The normalized spacial score (nSPS) is 10.3. The molecule has 0 atom stereocenters. The number of nitrogens with zero attached hydrogens (tertiary/aromatic N) is 2. The molecule has 1 N–H and O–H groups in total. The zero-order valence-electron chi connectivity index (χ0n) is 9.24. The summed E-state index contributed by atoms with van der Waals surface area (Å²) in [5.74, 6) is 0.548. The summed E-state index contributed by atoms with van der Waals surface area (Å²) in [6.45, 7) is 2.70. The lowest BCUT2D eigenvalue weighted by molar-refractivity contribution is 1.08. The molecule has 1 aromatic heterocycles. The lowest BCUT2D eigenvalue weighted by Crippen LogP contribution is -2.02. The van der Waals surface area contributed by atoms with E-state index in [1.807, 2.05) is 0 Å². The summed E-state index contributed by atoms with van der Waals surface area (Å²) in [4.78, 5) is 7.80. The molecule has 2 aromatic rings. The molecular formula is C12H11Cl2N3. The molecular weight excluding hydrogens is 257 g/mol.